The zero-order valence-electron chi connectivity index (χ0n) is 16.2. The fourth-order valence-electron chi connectivity index (χ4n) is 3.91. The van der Waals surface area contributed by atoms with Gasteiger partial charge >= 0.3 is 0 Å². The van der Waals surface area contributed by atoms with Crippen molar-refractivity contribution in [2.75, 3.05) is 6.54 Å². The van der Waals surface area contributed by atoms with Gasteiger partial charge in [0.15, 0.2) is 0 Å². The summed E-state index contributed by atoms with van der Waals surface area (Å²) in [5.41, 5.74) is 12.5. The predicted molar refractivity (Wildman–Crippen MR) is 120 cm³/mol. The number of unbranched alkanes of at least 4 members (excludes halogenated alkanes) is 1. The van der Waals surface area contributed by atoms with Gasteiger partial charge in [0.25, 0.3) is 0 Å². The number of aryl methyl sites for hydroxylation is 1. The minimum Gasteiger partial charge on any atom is -0.354 e. The molecule has 2 heterocycles. The molecule has 0 aliphatic rings. The van der Waals surface area contributed by atoms with Gasteiger partial charge in [-0.25, -0.2) is 0 Å². The highest BCUT2D eigenvalue weighted by atomic mass is 32.1. The van der Waals surface area contributed by atoms with Crippen molar-refractivity contribution in [3.8, 4) is 11.3 Å². The number of nitrogens with one attached hydrogen (secondary N) is 1. The Morgan fingerprint density at radius 3 is 2.74 bits per heavy atom. The summed E-state index contributed by atoms with van der Waals surface area (Å²) < 4.78 is 1.35. The molecule has 2 aromatic carbocycles. The quantitative estimate of drug-likeness (QED) is 0.340. The number of nitrogens with two attached hydrogens (primary N) is 1. The molecule has 0 aliphatic carbocycles. The summed E-state index contributed by atoms with van der Waals surface area (Å²) in [7, 11) is 0. The van der Waals surface area contributed by atoms with Crippen LogP contribution in [0.5, 0.6) is 0 Å². The zero-order valence-corrected chi connectivity index (χ0v) is 17.0. The Balaban J connectivity index is 1.89. The molecular weight excluding hydrogens is 348 g/mol. The molecule has 4 rings (SSSR count). The van der Waals surface area contributed by atoms with Gasteiger partial charge in [-0.05, 0) is 67.5 Å². The number of aromatic amines is 1. The molecule has 3 N–H and O–H groups in total. The largest absolute Gasteiger partial charge is 0.354 e. The van der Waals surface area contributed by atoms with Gasteiger partial charge in [0.2, 0.25) is 0 Å². The molecule has 0 aliphatic heterocycles. The highest BCUT2D eigenvalue weighted by Crippen LogP contribution is 2.39. The lowest BCUT2D eigenvalue weighted by Crippen LogP contribution is -1.99. The van der Waals surface area contributed by atoms with Crippen LogP contribution in [0.3, 0.4) is 0 Å². The summed E-state index contributed by atoms with van der Waals surface area (Å²) in [6, 6.07) is 15.7. The first-order chi connectivity index (χ1) is 13.2. The normalized spacial score (nSPS) is 12.9. The minimum absolute atomic E-state index is 0.589. The summed E-state index contributed by atoms with van der Waals surface area (Å²) in [5, 5.41) is 5.03. The zero-order chi connectivity index (χ0) is 18.8. The number of hydrogen-bond donors (Lipinski definition) is 2. The van der Waals surface area contributed by atoms with E-state index in [9.17, 15) is 0 Å². The standard InChI is InChI=1S/C24H28N2S/c1-3-16(2)17-11-12-22-20(14-17)19(9-6-7-13-25)24(26-22)21-15-27-23-10-5-4-8-18(21)23/h4-5,8,10-12,14-16,26H,3,6-7,9,13,25H2,1-2H3. The second-order valence-corrected chi connectivity index (χ2v) is 8.40. The molecule has 4 aromatic rings. The Kier molecular flexibility index (Phi) is 5.33. The smallest absolute Gasteiger partial charge is 0.0512 e. The summed E-state index contributed by atoms with van der Waals surface area (Å²) in [6.45, 7) is 5.34. The van der Waals surface area contributed by atoms with Crippen LogP contribution in [0.1, 0.15) is 50.2 Å². The van der Waals surface area contributed by atoms with E-state index in [0.717, 1.165) is 25.8 Å². The Hall–Kier alpha value is -2.10. The first kappa shape index (κ1) is 18.3. The van der Waals surface area contributed by atoms with Gasteiger partial charge < -0.3 is 10.7 Å². The van der Waals surface area contributed by atoms with Crippen molar-refractivity contribution >= 4 is 32.3 Å². The summed E-state index contributed by atoms with van der Waals surface area (Å²) in [5.74, 6) is 0.589. The monoisotopic (exact) mass is 376 g/mol. The van der Waals surface area contributed by atoms with Gasteiger partial charge in [-0.15, -0.1) is 11.3 Å². The van der Waals surface area contributed by atoms with Crippen molar-refractivity contribution in [3.63, 3.8) is 0 Å². The van der Waals surface area contributed by atoms with Gasteiger partial charge in [-0.2, -0.15) is 0 Å². The molecule has 2 nitrogen and oxygen atoms in total. The maximum Gasteiger partial charge on any atom is 0.0512 e. The molecule has 0 bridgehead atoms. The number of fused-ring (bicyclic) bond motifs is 2. The fraction of sp³-hybridized carbons (Fsp3) is 0.333. The lowest BCUT2D eigenvalue weighted by Gasteiger charge is -2.10. The maximum absolute atomic E-state index is 5.76. The van der Waals surface area contributed by atoms with E-state index in [-0.39, 0.29) is 0 Å². The molecule has 3 heteroatoms. The van der Waals surface area contributed by atoms with Gasteiger partial charge in [-0.1, -0.05) is 38.1 Å². The average molecular weight is 377 g/mol. The summed E-state index contributed by atoms with van der Waals surface area (Å²) in [4.78, 5) is 3.75. The van der Waals surface area contributed by atoms with E-state index in [1.807, 2.05) is 11.3 Å². The third-order valence-electron chi connectivity index (χ3n) is 5.74. The molecule has 0 amide bonds. The van der Waals surface area contributed by atoms with Gasteiger partial charge in [0.1, 0.15) is 0 Å². The average Bonchev–Trinajstić information content (AvgIpc) is 3.28. The van der Waals surface area contributed by atoms with Crippen molar-refractivity contribution in [1.82, 2.24) is 4.98 Å². The molecule has 1 atom stereocenters. The molecule has 27 heavy (non-hydrogen) atoms. The lowest BCUT2D eigenvalue weighted by molar-refractivity contribution is 0.734. The van der Waals surface area contributed by atoms with Crippen LogP contribution in [0.15, 0.2) is 47.8 Å². The Labute approximate surface area is 165 Å². The first-order valence-corrected chi connectivity index (χ1v) is 10.9. The number of rotatable bonds is 7. The molecule has 0 saturated heterocycles. The fourth-order valence-corrected chi connectivity index (χ4v) is 4.87. The number of aromatic nitrogens is 1. The Morgan fingerprint density at radius 2 is 1.93 bits per heavy atom. The van der Waals surface area contributed by atoms with Crippen LogP contribution in [0.4, 0.5) is 0 Å². The molecule has 140 valence electrons. The molecule has 0 fully saturated rings. The number of hydrogen-bond acceptors (Lipinski definition) is 2. The van der Waals surface area contributed by atoms with Crippen molar-refractivity contribution in [3.05, 3.63) is 59.0 Å². The second-order valence-electron chi connectivity index (χ2n) is 7.48. The van der Waals surface area contributed by atoms with Crippen molar-refractivity contribution in [2.24, 2.45) is 5.73 Å². The van der Waals surface area contributed by atoms with Crippen LogP contribution in [-0.2, 0) is 6.42 Å². The molecule has 0 radical (unpaired) electrons. The number of thiophene rings is 1. The van der Waals surface area contributed by atoms with E-state index in [1.54, 1.807) is 0 Å². The van der Waals surface area contributed by atoms with E-state index < -0.39 is 0 Å². The second kappa shape index (κ2) is 7.87. The molecular formula is C24H28N2S. The van der Waals surface area contributed by atoms with Crippen LogP contribution in [0.25, 0.3) is 32.2 Å². The molecule has 1 unspecified atom stereocenters. The van der Waals surface area contributed by atoms with Crippen LogP contribution in [0.2, 0.25) is 0 Å². The predicted octanol–water partition coefficient (Wildman–Crippen LogP) is 6.84. The van der Waals surface area contributed by atoms with Crippen LogP contribution < -0.4 is 5.73 Å². The third kappa shape index (κ3) is 3.42. The molecule has 0 saturated carbocycles. The third-order valence-corrected chi connectivity index (χ3v) is 6.71. The summed E-state index contributed by atoms with van der Waals surface area (Å²) >= 11 is 1.83. The van der Waals surface area contributed by atoms with Gasteiger partial charge in [0, 0.05) is 31.9 Å². The van der Waals surface area contributed by atoms with E-state index in [4.69, 9.17) is 5.73 Å². The van der Waals surface area contributed by atoms with Gasteiger partial charge in [-0.3, -0.25) is 0 Å². The highest BCUT2D eigenvalue weighted by Gasteiger charge is 2.17. The van der Waals surface area contributed by atoms with E-state index in [0.29, 0.717) is 5.92 Å². The van der Waals surface area contributed by atoms with Crippen LogP contribution >= 0.6 is 11.3 Å². The Bertz CT molecular complexity index is 1060. The summed E-state index contributed by atoms with van der Waals surface area (Å²) in [6.07, 6.45) is 4.44. The molecule has 2 aromatic heterocycles. The lowest BCUT2D eigenvalue weighted by atomic mass is 9.94. The van der Waals surface area contributed by atoms with Crippen LogP contribution in [0, 0.1) is 0 Å². The first-order valence-electron chi connectivity index (χ1n) is 10.0. The molecule has 0 spiro atoms. The highest BCUT2D eigenvalue weighted by molar-refractivity contribution is 7.17. The number of H-pyrrole nitrogens is 1. The van der Waals surface area contributed by atoms with Gasteiger partial charge in [0.05, 0.1) is 5.69 Å². The van der Waals surface area contributed by atoms with Crippen LogP contribution in [-0.4, -0.2) is 11.5 Å². The van der Waals surface area contributed by atoms with E-state index in [1.165, 1.54) is 49.8 Å². The van der Waals surface area contributed by atoms with Crippen molar-refractivity contribution in [1.29, 1.82) is 0 Å². The van der Waals surface area contributed by atoms with Crippen molar-refractivity contribution < 1.29 is 0 Å². The SMILES string of the molecule is CCC(C)c1ccc2[nH]c(-c3csc4ccccc34)c(CCCCN)c2c1. The van der Waals surface area contributed by atoms with E-state index >= 15 is 0 Å². The van der Waals surface area contributed by atoms with E-state index in [2.05, 4.69) is 66.7 Å². The minimum atomic E-state index is 0.589. The Morgan fingerprint density at radius 1 is 1.07 bits per heavy atom. The van der Waals surface area contributed by atoms with Crippen molar-refractivity contribution in [2.45, 2.75) is 45.4 Å². The topological polar surface area (TPSA) is 41.8 Å². The number of benzene rings is 2. The maximum atomic E-state index is 5.76.